The van der Waals surface area contributed by atoms with E-state index in [0.29, 0.717) is 0 Å². The molecule has 1 atom stereocenters. The molecule has 2 N–H and O–H groups in total. The number of hydrogen-bond acceptors (Lipinski definition) is 6. The first-order valence-corrected chi connectivity index (χ1v) is 8.86. The van der Waals surface area contributed by atoms with Crippen LogP contribution >= 0.6 is 0 Å². The lowest BCUT2D eigenvalue weighted by Crippen LogP contribution is -2.38. The van der Waals surface area contributed by atoms with Gasteiger partial charge in [0.05, 0.1) is 4.90 Å². The number of nitrogens with one attached hydrogen (secondary N) is 2. The number of carbonyl (C=O) groups is 2. The number of carbonyl (C=O) groups excluding carboxylic acids is 2. The van der Waals surface area contributed by atoms with Gasteiger partial charge in [0.2, 0.25) is 10.0 Å². The predicted octanol–water partition coefficient (Wildman–Crippen LogP) is 1.10. The molecule has 0 spiro atoms. The van der Waals surface area contributed by atoms with Gasteiger partial charge in [0.25, 0.3) is 5.91 Å². The van der Waals surface area contributed by atoms with E-state index in [0.717, 1.165) is 24.3 Å². The maximum absolute atomic E-state index is 12.1. The fraction of sp³-hybridized carbons (Fsp3) is 0.333. The molecular formula is C15H17F3N2O6S. The van der Waals surface area contributed by atoms with Crippen LogP contribution in [0.2, 0.25) is 0 Å². The monoisotopic (exact) mass is 410 g/mol. The van der Waals surface area contributed by atoms with Gasteiger partial charge in [-0.3, -0.25) is 9.59 Å². The first-order chi connectivity index (χ1) is 12.4. The van der Waals surface area contributed by atoms with Crippen LogP contribution in [0.4, 0.5) is 13.2 Å². The molecule has 0 radical (unpaired) electrons. The summed E-state index contributed by atoms with van der Waals surface area (Å²) in [6, 6.07) is 3.37. The Bertz CT molecular complexity index is 778. The number of benzene rings is 1. The van der Waals surface area contributed by atoms with Gasteiger partial charge in [-0.25, -0.2) is 8.42 Å². The first kappa shape index (κ1) is 22.4. The maximum Gasteiger partial charge on any atom is 0.573 e. The van der Waals surface area contributed by atoms with E-state index in [1.54, 1.807) is 0 Å². The van der Waals surface area contributed by atoms with Crippen molar-refractivity contribution in [2.24, 2.45) is 0 Å². The molecule has 0 saturated carbocycles. The van der Waals surface area contributed by atoms with Gasteiger partial charge in [-0.1, -0.05) is 6.08 Å². The summed E-state index contributed by atoms with van der Waals surface area (Å²) in [5, 5.41) is 2.39. The Morgan fingerprint density at radius 3 is 2.37 bits per heavy atom. The van der Waals surface area contributed by atoms with Gasteiger partial charge < -0.3 is 14.8 Å². The molecule has 150 valence electrons. The summed E-state index contributed by atoms with van der Waals surface area (Å²) in [4.78, 5) is 22.8. The summed E-state index contributed by atoms with van der Waals surface area (Å²) in [6.07, 6.45) is -4.64. The van der Waals surface area contributed by atoms with Crippen LogP contribution in [-0.2, 0) is 24.3 Å². The maximum atomic E-state index is 12.1. The number of alkyl halides is 3. The molecule has 27 heavy (non-hydrogen) atoms. The standard InChI is InChI=1S/C15H17F3N2O6S/c1-3-8-19-14(22)10(2)25-13(21)9-20-27(23,24)12-6-4-11(5-7-12)26-15(16,17)18/h3-7,10,20H,1,8-9H2,2H3,(H,19,22)/t10-/m1/s1. The number of hydrogen-bond donors (Lipinski definition) is 2. The highest BCUT2D eigenvalue weighted by Gasteiger charge is 2.31. The minimum absolute atomic E-state index is 0.168. The first-order valence-electron chi connectivity index (χ1n) is 7.38. The van der Waals surface area contributed by atoms with Gasteiger partial charge in [0.15, 0.2) is 6.10 Å². The van der Waals surface area contributed by atoms with Crippen molar-refractivity contribution < 1.29 is 40.7 Å². The van der Waals surface area contributed by atoms with Crippen molar-refractivity contribution in [2.45, 2.75) is 24.3 Å². The Hall–Kier alpha value is -2.60. The predicted molar refractivity (Wildman–Crippen MR) is 87.1 cm³/mol. The van der Waals surface area contributed by atoms with E-state index in [2.05, 4.69) is 16.6 Å². The zero-order chi connectivity index (χ0) is 20.7. The van der Waals surface area contributed by atoms with Crippen LogP contribution in [0.25, 0.3) is 0 Å². The lowest BCUT2D eigenvalue weighted by molar-refractivity contribution is -0.274. The van der Waals surface area contributed by atoms with Crippen molar-refractivity contribution in [3.05, 3.63) is 36.9 Å². The lowest BCUT2D eigenvalue weighted by Gasteiger charge is -2.13. The molecule has 8 nitrogen and oxygen atoms in total. The molecule has 0 aliphatic carbocycles. The number of rotatable bonds is 9. The molecular weight excluding hydrogens is 393 g/mol. The Morgan fingerprint density at radius 1 is 1.26 bits per heavy atom. The molecule has 0 fully saturated rings. The van der Waals surface area contributed by atoms with Crippen LogP contribution in [-0.4, -0.2) is 45.9 Å². The molecule has 0 unspecified atom stereocenters. The summed E-state index contributed by atoms with van der Waals surface area (Å²) < 4.78 is 70.6. The molecule has 1 aromatic carbocycles. The molecule has 1 amide bonds. The Labute approximate surface area is 153 Å². The molecule has 0 aliphatic heterocycles. The second kappa shape index (κ2) is 9.37. The minimum atomic E-state index is -4.91. The Kier molecular flexibility index (Phi) is 7.79. The fourth-order valence-electron chi connectivity index (χ4n) is 1.67. The van der Waals surface area contributed by atoms with Gasteiger partial charge in [0, 0.05) is 6.54 Å². The van der Waals surface area contributed by atoms with Crippen molar-refractivity contribution in [3.8, 4) is 5.75 Å². The number of ether oxygens (including phenoxy) is 2. The van der Waals surface area contributed by atoms with E-state index in [1.165, 1.54) is 13.0 Å². The van der Waals surface area contributed by atoms with Crippen LogP contribution in [0.15, 0.2) is 41.8 Å². The van der Waals surface area contributed by atoms with Crippen molar-refractivity contribution in [3.63, 3.8) is 0 Å². The molecule has 1 rings (SSSR count). The van der Waals surface area contributed by atoms with Gasteiger partial charge >= 0.3 is 12.3 Å². The largest absolute Gasteiger partial charge is 0.573 e. The van der Waals surface area contributed by atoms with E-state index in [-0.39, 0.29) is 11.4 Å². The van der Waals surface area contributed by atoms with Crippen LogP contribution in [0.1, 0.15) is 6.92 Å². The van der Waals surface area contributed by atoms with Gasteiger partial charge in [-0.2, -0.15) is 4.72 Å². The highest BCUT2D eigenvalue weighted by Crippen LogP contribution is 2.23. The number of halogens is 3. The normalized spacial score (nSPS) is 12.7. The van der Waals surface area contributed by atoms with Crippen LogP contribution < -0.4 is 14.8 Å². The third-order valence-electron chi connectivity index (χ3n) is 2.87. The van der Waals surface area contributed by atoms with Gasteiger partial charge in [-0.15, -0.1) is 19.8 Å². The van der Waals surface area contributed by atoms with E-state index in [9.17, 15) is 31.2 Å². The molecule has 0 saturated heterocycles. The summed E-state index contributed by atoms with van der Waals surface area (Å²) in [6.45, 7) is 4.09. The van der Waals surface area contributed by atoms with Gasteiger partial charge in [-0.05, 0) is 31.2 Å². The Balaban J connectivity index is 2.61. The van der Waals surface area contributed by atoms with Gasteiger partial charge in [0.1, 0.15) is 12.3 Å². The van der Waals surface area contributed by atoms with E-state index in [1.807, 2.05) is 4.72 Å². The van der Waals surface area contributed by atoms with Crippen LogP contribution in [0.5, 0.6) is 5.75 Å². The molecule has 12 heteroatoms. The van der Waals surface area contributed by atoms with Crippen molar-refractivity contribution in [2.75, 3.05) is 13.1 Å². The van der Waals surface area contributed by atoms with E-state index >= 15 is 0 Å². The zero-order valence-electron chi connectivity index (χ0n) is 14.1. The summed E-state index contributed by atoms with van der Waals surface area (Å²) in [5.41, 5.74) is 0. The molecule has 0 aromatic heterocycles. The van der Waals surface area contributed by atoms with Crippen LogP contribution in [0.3, 0.4) is 0 Å². The average molecular weight is 410 g/mol. The second-order valence-corrected chi connectivity index (χ2v) is 6.78. The topological polar surface area (TPSA) is 111 Å². The third kappa shape index (κ3) is 8.09. The summed E-state index contributed by atoms with van der Waals surface area (Å²) >= 11 is 0. The summed E-state index contributed by atoms with van der Waals surface area (Å²) in [7, 11) is -4.19. The van der Waals surface area contributed by atoms with Crippen molar-refractivity contribution in [1.82, 2.24) is 10.0 Å². The quantitative estimate of drug-likeness (QED) is 0.466. The highest BCUT2D eigenvalue weighted by atomic mass is 32.2. The van der Waals surface area contributed by atoms with Crippen molar-refractivity contribution >= 4 is 21.9 Å². The molecule has 1 aromatic rings. The van der Waals surface area contributed by atoms with Crippen molar-refractivity contribution in [1.29, 1.82) is 0 Å². The van der Waals surface area contributed by atoms with Crippen LogP contribution in [0, 0.1) is 0 Å². The van der Waals surface area contributed by atoms with E-state index < -0.39 is 46.7 Å². The fourth-order valence-corrected chi connectivity index (χ4v) is 2.64. The average Bonchev–Trinajstić information content (AvgIpc) is 2.57. The third-order valence-corrected chi connectivity index (χ3v) is 4.29. The number of amides is 1. The SMILES string of the molecule is C=CCNC(=O)[C@@H](C)OC(=O)CNS(=O)(=O)c1ccc(OC(F)(F)F)cc1. The second-order valence-electron chi connectivity index (χ2n) is 5.01. The summed E-state index contributed by atoms with van der Waals surface area (Å²) in [5.74, 6) is -2.21. The Morgan fingerprint density at radius 2 is 1.85 bits per heavy atom. The highest BCUT2D eigenvalue weighted by molar-refractivity contribution is 7.89. The zero-order valence-corrected chi connectivity index (χ0v) is 14.9. The number of esters is 1. The van der Waals surface area contributed by atoms with E-state index in [4.69, 9.17) is 4.74 Å². The molecule has 0 heterocycles. The smallest absolute Gasteiger partial charge is 0.452 e. The number of sulfonamides is 1. The molecule has 0 bridgehead atoms. The molecule has 0 aliphatic rings. The lowest BCUT2D eigenvalue weighted by atomic mass is 10.3. The minimum Gasteiger partial charge on any atom is -0.452 e.